The van der Waals surface area contributed by atoms with E-state index in [0.29, 0.717) is 11.5 Å². The maximum atomic E-state index is 12.1. The summed E-state index contributed by atoms with van der Waals surface area (Å²) in [6, 6.07) is -0.741. The molecular weight excluding hydrogens is 268 g/mol. The molecule has 0 aliphatic heterocycles. The van der Waals surface area contributed by atoms with Gasteiger partial charge in [-0.2, -0.15) is 5.10 Å². The minimum absolute atomic E-state index is 0.269. The summed E-state index contributed by atoms with van der Waals surface area (Å²) in [5.74, 6) is 0.438. The van der Waals surface area contributed by atoms with E-state index in [1.165, 1.54) is 0 Å². The van der Waals surface area contributed by atoms with Gasteiger partial charge in [0, 0.05) is 25.4 Å². The smallest absolute Gasteiger partial charge is 0.241 e. The number of aliphatic hydroxyl groups is 1. The SMILES string of the molecule is CCC1CCC(O)(CNC(=O)C(N)c2cnn(C)c2)CC1. The van der Waals surface area contributed by atoms with Gasteiger partial charge in [-0.25, -0.2) is 0 Å². The monoisotopic (exact) mass is 294 g/mol. The summed E-state index contributed by atoms with van der Waals surface area (Å²) >= 11 is 0. The van der Waals surface area contributed by atoms with Gasteiger partial charge in [-0.05, 0) is 31.6 Å². The molecule has 4 N–H and O–H groups in total. The molecule has 21 heavy (non-hydrogen) atoms. The zero-order valence-corrected chi connectivity index (χ0v) is 12.9. The first-order valence-electron chi connectivity index (χ1n) is 7.68. The second kappa shape index (κ2) is 6.58. The predicted molar refractivity (Wildman–Crippen MR) is 80.3 cm³/mol. The third-order valence-electron chi connectivity index (χ3n) is 4.57. The standard InChI is InChI=1S/C15H26N4O2/c1-3-11-4-6-15(21,7-5-11)10-17-14(20)13(16)12-8-18-19(2)9-12/h8-9,11,13,21H,3-7,10,16H2,1-2H3,(H,17,20). The van der Waals surface area contributed by atoms with Crippen LogP contribution in [0.1, 0.15) is 50.6 Å². The molecule has 1 aromatic rings. The maximum absolute atomic E-state index is 12.1. The van der Waals surface area contributed by atoms with Crippen LogP contribution in [0.4, 0.5) is 0 Å². The normalized spacial score (nSPS) is 27.3. The Morgan fingerprint density at radius 3 is 2.81 bits per heavy atom. The fourth-order valence-electron chi connectivity index (χ4n) is 2.91. The first-order valence-corrected chi connectivity index (χ1v) is 7.68. The highest BCUT2D eigenvalue weighted by molar-refractivity contribution is 5.82. The van der Waals surface area contributed by atoms with Crippen molar-refractivity contribution in [2.24, 2.45) is 18.7 Å². The number of amides is 1. The molecule has 2 rings (SSSR count). The molecule has 0 bridgehead atoms. The molecule has 0 saturated heterocycles. The summed E-state index contributed by atoms with van der Waals surface area (Å²) in [6.45, 7) is 2.46. The summed E-state index contributed by atoms with van der Waals surface area (Å²) in [4.78, 5) is 12.1. The summed E-state index contributed by atoms with van der Waals surface area (Å²) in [7, 11) is 1.78. The number of hydrogen-bond donors (Lipinski definition) is 3. The topological polar surface area (TPSA) is 93.2 Å². The van der Waals surface area contributed by atoms with E-state index in [-0.39, 0.29) is 12.5 Å². The number of rotatable bonds is 5. The average molecular weight is 294 g/mol. The highest BCUT2D eigenvalue weighted by atomic mass is 16.3. The van der Waals surface area contributed by atoms with Crippen LogP contribution in [-0.4, -0.2) is 32.9 Å². The van der Waals surface area contributed by atoms with E-state index >= 15 is 0 Å². The van der Waals surface area contributed by atoms with Crippen LogP contribution in [-0.2, 0) is 11.8 Å². The van der Waals surface area contributed by atoms with Crippen molar-refractivity contribution < 1.29 is 9.90 Å². The second-order valence-electron chi connectivity index (χ2n) is 6.22. The molecule has 1 aliphatic rings. The number of nitrogens with two attached hydrogens (primary N) is 1. The lowest BCUT2D eigenvalue weighted by Crippen LogP contribution is -2.47. The lowest BCUT2D eigenvalue weighted by Gasteiger charge is -2.36. The Labute approximate surface area is 125 Å². The molecule has 1 aromatic heterocycles. The second-order valence-corrected chi connectivity index (χ2v) is 6.22. The zero-order chi connectivity index (χ0) is 15.5. The molecule has 118 valence electrons. The van der Waals surface area contributed by atoms with Gasteiger partial charge in [-0.15, -0.1) is 0 Å². The number of hydrogen-bond acceptors (Lipinski definition) is 4. The van der Waals surface area contributed by atoms with E-state index in [9.17, 15) is 9.90 Å². The first-order chi connectivity index (χ1) is 9.93. The minimum Gasteiger partial charge on any atom is -0.388 e. The van der Waals surface area contributed by atoms with Gasteiger partial charge in [0.15, 0.2) is 0 Å². The molecule has 1 fully saturated rings. The quantitative estimate of drug-likeness (QED) is 0.751. The van der Waals surface area contributed by atoms with E-state index in [4.69, 9.17) is 5.73 Å². The Bertz CT molecular complexity index is 478. The van der Waals surface area contributed by atoms with Crippen LogP contribution in [0, 0.1) is 5.92 Å². The molecule has 0 spiro atoms. The summed E-state index contributed by atoms with van der Waals surface area (Å²) in [5.41, 5.74) is 5.80. The van der Waals surface area contributed by atoms with Crippen LogP contribution in [0.2, 0.25) is 0 Å². The summed E-state index contributed by atoms with van der Waals surface area (Å²) < 4.78 is 1.61. The van der Waals surface area contributed by atoms with E-state index < -0.39 is 11.6 Å². The maximum Gasteiger partial charge on any atom is 0.241 e. The number of nitrogens with one attached hydrogen (secondary N) is 1. The van der Waals surface area contributed by atoms with Crippen molar-refractivity contribution in [3.63, 3.8) is 0 Å². The third-order valence-corrected chi connectivity index (χ3v) is 4.57. The zero-order valence-electron chi connectivity index (χ0n) is 12.9. The molecule has 0 radical (unpaired) electrons. The van der Waals surface area contributed by atoms with Crippen LogP contribution in [0.25, 0.3) is 0 Å². The van der Waals surface area contributed by atoms with Crippen LogP contribution >= 0.6 is 0 Å². The fourth-order valence-corrected chi connectivity index (χ4v) is 2.91. The van der Waals surface area contributed by atoms with Crippen molar-refractivity contribution >= 4 is 5.91 Å². The Hall–Kier alpha value is -1.40. The van der Waals surface area contributed by atoms with Crippen LogP contribution in [0.3, 0.4) is 0 Å². The molecule has 6 heteroatoms. The van der Waals surface area contributed by atoms with Crippen molar-refractivity contribution in [2.45, 2.75) is 50.7 Å². The fraction of sp³-hybridized carbons (Fsp3) is 0.733. The van der Waals surface area contributed by atoms with Gasteiger partial charge in [-0.3, -0.25) is 9.48 Å². The molecule has 1 aliphatic carbocycles. The minimum atomic E-state index is -0.782. The number of carbonyl (C=O) groups excluding carboxylic acids is 1. The van der Waals surface area contributed by atoms with Gasteiger partial charge in [0.1, 0.15) is 6.04 Å². The Kier molecular flexibility index (Phi) is 5.00. The molecule has 1 atom stereocenters. The van der Waals surface area contributed by atoms with Gasteiger partial charge in [0.2, 0.25) is 5.91 Å². The van der Waals surface area contributed by atoms with Crippen molar-refractivity contribution in [1.82, 2.24) is 15.1 Å². The highest BCUT2D eigenvalue weighted by Gasteiger charge is 2.33. The van der Waals surface area contributed by atoms with Crippen molar-refractivity contribution in [3.05, 3.63) is 18.0 Å². The number of aromatic nitrogens is 2. The lowest BCUT2D eigenvalue weighted by molar-refractivity contribution is -0.124. The largest absolute Gasteiger partial charge is 0.388 e. The summed E-state index contributed by atoms with van der Waals surface area (Å²) in [5, 5.41) is 17.3. The van der Waals surface area contributed by atoms with Crippen molar-refractivity contribution in [1.29, 1.82) is 0 Å². The van der Waals surface area contributed by atoms with Gasteiger partial charge in [0.05, 0.1) is 11.8 Å². The Morgan fingerprint density at radius 1 is 1.62 bits per heavy atom. The Morgan fingerprint density at radius 2 is 2.29 bits per heavy atom. The number of nitrogens with zero attached hydrogens (tertiary/aromatic N) is 2. The Balaban J connectivity index is 1.83. The van der Waals surface area contributed by atoms with Gasteiger partial charge >= 0.3 is 0 Å². The van der Waals surface area contributed by atoms with Crippen LogP contribution < -0.4 is 11.1 Å². The molecular formula is C15H26N4O2. The highest BCUT2D eigenvalue weighted by Crippen LogP contribution is 2.33. The van der Waals surface area contributed by atoms with Gasteiger partial charge in [-0.1, -0.05) is 13.3 Å². The molecule has 6 nitrogen and oxygen atoms in total. The van der Waals surface area contributed by atoms with Crippen molar-refractivity contribution in [3.8, 4) is 0 Å². The van der Waals surface area contributed by atoms with Gasteiger partial charge in [0.25, 0.3) is 0 Å². The summed E-state index contributed by atoms with van der Waals surface area (Å²) in [6.07, 6.45) is 8.02. The molecule has 0 aromatic carbocycles. The average Bonchev–Trinajstić information content (AvgIpc) is 2.91. The van der Waals surface area contributed by atoms with Crippen LogP contribution in [0.15, 0.2) is 12.4 Å². The third kappa shape index (κ3) is 4.04. The van der Waals surface area contributed by atoms with E-state index in [0.717, 1.165) is 32.1 Å². The van der Waals surface area contributed by atoms with Crippen molar-refractivity contribution in [2.75, 3.05) is 6.54 Å². The number of carbonyl (C=O) groups is 1. The predicted octanol–water partition coefficient (Wildman–Crippen LogP) is 0.867. The molecule has 1 unspecified atom stereocenters. The lowest BCUT2D eigenvalue weighted by atomic mass is 9.78. The molecule has 1 heterocycles. The molecule has 1 saturated carbocycles. The first kappa shape index (κ1) is 16.0. The van der Waals surface area contributed by atoms with E-state index in [1.807, 2.05) is 0 Å². The van der Waals surface area contributed by atoms with E-state index in [1.54, 1.807) is 24.1 Å². The van der Waals surface area contributed by atoms with Crippen LogP contribution in [0.5, 0.6) is 0 Å². The number of aryl methyl sites for hydroxylation is 1. The van der Waals surface area contributed by atoms with E-state index in [2.05, 4.69) is 17.3 Å². The van der Waals surface area contributed by atoms with Gasteiger partial charge < -0.3 is 16.2 Å². The molecule has 1 amide bonds.